The predicted molar refractivity (Wildman–Crippen MR) is 197 cm³/mol. The van der Waals surface area contributed by atoms with E-state index in [1.165, 1.54) is 34.1 Å². The zero-order valence-corrected chi connectivity index (χ0v) is 32.0. The first kappa shape index (κ1) is 46.5. The van der Waals surface area contributed by atoms with Crippen molar-refractivity contribution in [1.29, 1.82) is 10.5 Å². The van der Waals surface area contributed by atoms with E-state index in [1.54, 1.807) is 60.7 Å². The predicted octanol–water partition coefficient (Wildman–Crippen LogP) is 1.36. The van der Waals surface area contributed by atoms with Crippen molar-refractivity contribution in [1.82, 2.24) is 0 Å². The van der Waals surface area contributed by atoms with Crippen molar-refractivity contribution in [3.63, 3.8) is 0 Å². The summed E-state index contributed by atoms with van der Waals surface area (Å²) in [5, 5.41) is 60.6. The maximum atomic E-state index is 13.3. The lowest BCUT2D eigenvalue weighted by atomic mass is 9.80. The monoisotopic (exact) mass is 782 g/mol. The van der Waals surface area contributed by atoms with Crippen LogP contribution >= 0.6 is 0 Å². The van der Waals surface area contributed by atoms with Gasteiger partial charge < -0.3 is 39.3 Å². The Bertz CT molecular complexity index is 1880. The SMILES string of the molecule is C[NH+](C)CCCC(O)(c1ccc(F)cc1)c1ccc(C#N)cc1CO.C[NH+](C)CCCC(O)(c1ccc(F)cc1)c1ccc(C#N)cc1CO.O=S(=O)([O-])[O-]. The van der Waals surface area contributed by atoms with Gasteiger partial charge in [-0.25, -0.2) is 8.78 Å². The molecule has 0 amide bonds. The highest BCUT2D eigenvalue weighted by atomic mass is 32.3. The van der Waals surface area contributed by atoms with Crippen LogP contribution in [-0.2, 0) is 34.8 Å². The maximum absolute atomic E-state index is 13.3. The Morgan fingerprint density at radius 3 is 1.20 bits per heavy atom. The molecule has 296 valence electrons. The van der Waals surface area contributed by atoms with Gasteiger partial charge in [0.05, 0.1) is 77.8 Å². The second-order valence-corrected chi connectivity index (χ2v) is 14.4. The van der Waals surface area contributed by atoms with Crippen molar-refractivity contribution in [2.75, 3.05) is 41.3 Å². The Labute approximate surface area is 321 Å². The normalized spacial score (nSPS) is 13.3. The molecule has 15 heteroatoms. The molecule has 4 aromatic carbocycles. The van der Waals surface area contributed by atoms with Gasteiger partial charge in [-0.05, 0) is 108 Å². The summed E-state index contributed by atoms with van der Waals surface area (Å²) in [6.45, 7) is 1.17. The average molecular weight is 783 g/mol. The van der Waals surface area contributed by atoms with E-state index in [2.05, 4.69) is 0 Å². The average Bonchev–Trinajstić information content (AvgIpc) is 3.13. The van der Waals surface area contributed by atoms with Gasteiger partial charge in [0.2, 0.25) is 0 Å². The van der Waals surface area contributed by atoms with Crippen molar-refractivity contribution in [2.45, 2.75) is 50.1 Å². The van der Waals surface area contributed by atoms with Crippen molar-refractivity contribution in [3.8, 4) is 12.1 Å². The number of rotatable bonds is 14. The summed E-state index contributed by atoms with van der Waals surface area (Å²) in [5.74, 6) is -0.739. The number of aliphatic hydroxyl groups excluding tert-OH is 2. The summed E-state index contributed by atoms with van der Waals surface area (Å²) < 4.78 is 60.7. The Balaban J connectivity index is 0.000000338. The number of benzene rings is 4. The Morgan fingerprint density at radius 1 is 0.636 bits per heavy atom. The molecule has 0 saturated heterocycles. The summed E-state index contributed by atoms with van der Waals surface area (Å²) in [7, 11) is 2.99. The van der Waals surface area contributed by atoms with Gasteiger partial charge in [-0.3, -0.25) is 8.42 Å². The van der Waals surface area contributed by atoms with E-state index < -0.39 is 21.6 Å². The lowest BCUT2D eigenvalue weighted by molar-refractivity contribution is -0.858. The van der Waals surface area contributed by atoms with Crippen LogP contribution in [0.25, 0.3) is 0 Å². The number of aliphatic hydroxyl groups is 4. The number of hydrogen-bond acceptors (Lipinski definition) is 10. The summed E-state index contributed by atoms with van der Waals surface area (Å²) in [4.78, 5) is 2.53. The van der Waals surface area contributed by atoms with Gasteiger partial charge in [0.1, 0.15) is 22.8 Å². The summed E-state index contributed by atoms with van der Waals surface area (Å²) in [5.41, 5.74) is 1.39. The molecule has 0 aliphatic heterocycles. The van der Waals surface area contributed by atoms with E-state index in [1.807, 2.05) is 40.3 Å². The molecule has 2 atom stereocenters. The molecule has 0 aromatic heterocycles. The molecule has 0 heterocycles. The molecule has 0 saturated carbocycles. The van der Waals surface area contributed by atoms with E-state index in [-0.39, 0.29) is 24.8 Å². The number of quaternary nitrogens is 2. The van der Waals surface area contributed by atoms with Gasteiger partial charge in [0.25, 0.3) is 0 Å². The van der Waals surface area contributed by atoms with Crippen LogP contribution in [0.4, 0.5) is 8.78 Å². The van der Waals surface area contributed by atoms with Crippen LogP contribution in [-0.4, -0.2) is 79.2 Å². The van der Waals surface area contributed by atoms with Gasteiger partial charge in [0.15, 0.2) is 0 Å². The number of halogens is 2. The fourth-order valence-electron chi connectivity index (χ4n) is 6.11. The highest BCUT2D eigenvalue weighted by molar-refractivity contribution is 7.79. The molecule has 0 aliphatic carbocycles. The van der Waals surface area contributed by atoms with Crippen LogP contribution in [0.5, 0.6) is 0 Å². The topological polar surface area (TPSA) is 218 Å². The van der Waals surface area contributed by atoms with E-state index in [0.717, 1.165) is 25.9 Å². The molecule has 12 nitrogen and oxygen atoms in total. The minimum absolute atomic E-state index is 0.284. The standard InChI is InChI=1S/2C20H23FN2O2.H2O4S/c2*1-23(2)11-3-10-20(25,17-5-7-18(21)8-6-17)19-9-4-15(13-22)12-16(19)14-24;1-5(2,3)4/h2*4-9,12,24-25H,3,10-11,14H2,1-2H3;(H2,1,2,3,4). The molecular weight excluding hydrogens is 735 g/mol. The van der Waals surface area contributed by atoms with Crippen LogP contribution in [0.15, 0.2) is 84.9 Å². The van der Waals surface area contributed by atoms with Crippen LogP contribution in [0.1, 0.15) is 70.2 Å². The minimum Gasteiger partial charge on any atom is -0.759 e. The zero-order chi connectivity index (χ0) is 41.4. The van der Waals surface area contributed by atoms with Crippen LogP contribution in [0, 0.1) is 34.3 Å². The van der Waals surface area contributed by atoms with Crippen molar-refractivity contribution >= 4 is 10.4 Å². The fraction of sp³-hybridized carbons (Fsp3) is 0.350. The highest BCUT2D eigenvalue weighted by Crippen LogP contribution is 2.38. The number of nitriles is 2. The number of nitrogens with zero attached hydrogens (tertiary/aromatic N) is 2. The van der Waals surface area contributed by atoms with Gasteiger partial charge in [-0.1, -0.05) is 36.4 Å². The Morgan fingerprint density at radius 2 is 0.945 bits per heavy atom. The Kier molecular flexibility index (Phi) is 18.1. The molecule has 6 N–H and O–H groups in total. The van der Waals surface area contributed by atoms with Crippen molar-refractivity contribution in [2.24, 2.45) is 0 Å². The van der Waals surface area contributed by atoms with E-state index in [4.69, 9.17) is 28.0 Å². The summed E-state index contributed by atoms with van der Waals surface area (Å²) in [6, 6.07) is 25.4. The number of hydrogen-bond donors (Lipinski definition) is 6. The van der Waals surface area contributed by atoms with E-state index >= 15 is 0 Å². The van der Waals surface area contributed by atoms with Gasteiger partial charge in [-0.15, -0.1) is 0 Å². The highest BCUT2D eigenvalue weighted by Gasteiger charge is 2.35. The lowest BCUT2D eigenvalue weighted by Crippen LogP contribution is -3.05. The molecule has 4 aromatic rings. The van der Waals surface area contributed by atoms with Gasteiger partial charge in [-0.2, -0.15) is 10.5 Å². The van der Waals surface area contributed by atoms with Gasteiger partial charge >= 0.3 is 0 Å². The van der Waals surface area contributed by atoms with Crippen LogP contribution < -0.4 is 9.80 Å². The third-order valence-electron chi connectivity index (χ3n) is 8.77. The van der Waals surface area contributed by atoms with Crippen molar-refractivity contribution < 1.29 is 56.5 Å². The van der Waals surface area contributed by atoms with Crippen LogP contribution in [0.3, 0.4) is 0 Å². The molecule has 0 bridgehead atoms. The second-order valence-electron chi connectivity index (χ2n) is 13.5. The molecule has 0 radical (unpaired) electrons. The lowest BCUT2D eigenvalue weighted by Gasteiger charge is -2.31. The first-order valence-corrected chi connectivity index (χ1v) is 18.6. The quantitative estimate of drug-likeness (QED) is 0.0798. The second kappa shape index (κ2) is 21.4. The molecular formula is C40H48F2N4O8S. The third kappa shape index (κ3) is 14.5. The zero-order valence-electron chi connectivity index (χ0n) is 31.2. The molecule has 0 aliphatic rings. The molecule has 0 spiro atoms. The first-order chi connectivity index (χ1) is 25.8. The molecule has 2 unspecified atom stereocenters. The smallest absolute Gasteiger partial charge is 0.123 e. The Hall–Kier alpha value is -4.65. The first-order valence-electron chi connectivity index (χ1n) is 17.3. The van der Waals surface area contributed by atoms with Crippen molar-refractivity contribution in [3.05, 3.63) is 141 Å². The largest absolute Gasteiger partial charge is 0.759 e. The molecule has 55 heavy (non-hydrogen) atoms. The van der Waals surface area contributed by atoms with E-state index in [0.29, 0.717) is 57.3 Å². The van der Waals surface area contributed by atoms with Gasteiger partial charge in [0, 0.05) is 10.4 Å². The summed E-state index contributed by atoms with van der Waals surface area (Å²) >= 11 is 0. The third-order valence-corrected chi connectivity index (χ3v) is 8.77. The summed E-state index contributed by atoms with van der Waals surface area (Å²) in [6.07, 6.45) is 2.37. The minimum atomic E-state index is -5.17. The van der Waals surface area contributed by atoms with Crippen LogP contribution in [0.2, 0.25) is 0 Å². The molecule has 4 rings (SSSR count). The maximum Gasteiger partial charge on any atom is 0.123 e. The fourth-order valence-corrected chi connectivity index (χ4v) is 6.11. The number of nitrogens with one attached hydrogen (secondary N) is 2. The molecule has 0 fully saturated rings. The van der Waals surface area contributed by atoms with E-state index in [9.17, 15) is 29.2 Å².